The van der Waals surface area contributed by atoms with Crippen molar-refractivity contribution in [3.05, 3.63) is 33.4 Å². The standard InChI is InChI=1S/C9H5Br2FS/c10-4-6-3-5-1-2-13-9(5)7(11)8(6)12/h1-3H,4H2. The second kappa shape index (κ2) is 3.67. The minimum Gasteiger partial charge on any atom is -0.205 e. The lowest BCUT2D eigenvalue weighted by molar-refractivity contribution is 0.614. The van der Waals surface area contributed by atoms with Gasteiger partial charge in [-0.3, -0.25) is 0 Å². The Morgan fingerprint density at radius 2 is 2.23 bits per heavy atom. The van der Waals surface area contributed by atoms with Gasteiger partial charge in [-0.25, -0.2) is 4.39 Å². The van der Waals surface area contributed by atoms with Crippen molar-refractivity contribution >= 4 is 53.3 Å². The number of hydrogen-bond donors (Lipinski definition) is 0. The smallest absolute Gasteiger partial charge is 0.142 e. The topological polar surface area (TPSA) is 0 Å². The fourth-order valence-corrected chi connectivity index (χ4v) is 3.18. The summed E-state index contributed by atoms with van der Waals surface area (Å²) in [5.41, 5.74) is 0.692. The highest BCUT2D eigenvalue weighted by Gasteiger charge is 2.10. The molecule has 0 radical (unpaired) electrons. The van der Waals surface area contributed by atoms with Gasteiger partial charge in [0.1, 0.15) is 5.82 Å². The van der Waals surface area contributed by atoms with Crippen LogP contribution in [0.4, 0.5) is 4.39 Å². The predicted molar refractivity (Wildman–Crippen MR) is 62.1 cm³/mol. The minimum absolute atomic E-state index is 0.160. The maximum absolute atomic E-state index is 13.5. The van der Waals surface area contributed by atoms with Gasteiger partial charge in [-0.1, -0.05) is 15.9 Å². The van der Waals surface area contributed by atoms with Crippen molar-refractivity contribution in [2.45, 2.75) is 5.33 Å². The van der Waals surface area contributed by atoms with Crippen molar-refractivity contribution in [3.8, 4) is 0 Å². The molecule has 0 amide bonds. The number of fused-ring (bicyclic) bond motifs is 1. The lowest BCUT2D eigenvalue weighted by Crippen LogP contribution is -1.86. The van der Waals surface area contributed by atoms with Crippen LogP contribution in [-0.4, -0.2) is 0 Å². The molecular formula is C9H5Br2FS. The summed E-state index contributed by atoms with van der Waals surface area (Å²) in [4.78, 5) is 0. The fraction of sp³-hybridized carbons (Fsp3) is 0.111. The molecule has 0 fully saturated rings. The molecule has 0 aliphatic heterocycles. The van der Waals surface area contributed by atoms with Crippen molar-refractivity contribution < 1.29 is 4.39 Å². The molecule has 2 aromatic rings. The maximum Gasteiger partial charge on any atom is 0.142 e. The third-order valence-corrected chi connectivity index (χ3v) is 4.40. The Hall–Kier alpha value is 0.0700. The van der Waals surface area contributed by atoms with Gasteiger partial charge in [0, 0.05) is 10.9 Å². The molecule has 0 N–H and O–H groups in total. The van der Waals surface area contributed by atoms with E-state index in [0.29, 0.717) is 15.4 Å². The van der Waals surface area contributed by atoms with Gasteiger partial charge >= 0.3 is 0 Å². The molecule has 0 saturated carbocycles. The lowest BCUT2D eigenvalue weighted by Gasteiger charge is -2.02. The third kappa shape index (κ3) is 1.55. The van der Waals surface area contributed by atoms with E-state index in [0.717, 1.165) is 10.1 Å². The summed E-state index contributed by atoms with van der Waals surface area (Å²) < 4.78 is 15.1. The highest BCUT2D eigenvalue weighted by molar-refractivity contribution is 9.10. The van der Waals surface area contributed by atoms with E-state index >= 15 is 0 Å². The molecule has 1 heterocycles. The van der Waals surface area contributed by atoms with E-state index in [1.807, 2.05) is 17.5 Å². The summed E-state index contributed by atoms with van der Waals surface area (Å²) in [6.45, 7) is 0. The Morgan fingerprint density at radius 1 is 1.46 bits per heavy atom. The van der Waals surface area contributed by atoms with Crippen LogP contribution in [0.2, 0.25) is 0 Å². The Kier molecular flexibility index (Phi) is 2.72. The summed E-state index contributed by atoms with van der Waals surface area (Å²) in [5.74, 6) is -0.160. The van der Waals surface area contributed by atoms with Crippen LogP contribution in [0.25, 0.3) is 10.1 Å². The van der Waals surface area contributed by atoms with Crippen LogP contribution < -0.4 is 0 Å². The molecule has 0 unspecified atom stereocenters. The molecule has 0 aliphatic rings. The van der Waals surface area contributed by atoms with Gasteiger partial charge in [-0.15, -0.1) is 11.3 Å². The zero-order valence-electron chi connectivity index (χ0n) is 6.48. The first kappa shape index (κ1) is 9.62. The molecule has 0 atom stereocenters. The molecule has 0 nitrogen and oxygen atoms in total. The second-order valence-corrected chi connectivity index (χ2v) is 4.91. The quantitative estimate of drug-likeness (QED) is 0.667. The number of benzene rings is 1. The number of halogens is 3. The van der Waals surface area contributed by atoms with E-state index in [1.165, 1.54) is 0 Å². The monoisotopic (exact) mass is 322 g/mol. The highest BCUT2D eigenvalue weighted by atomic mass is 79.9. The van der Waals surface area contributed by atoms with Gasteiger partial charge < -0.3 is 0 Å². The number of alkyl halides is 1. The van der Waals surface area contributed by atoms with Crippen LogP contribution in [0.5, 0.6) is 0 Å². The van der Waals surface area contributed by atoms with E-state index < -0.39 is 0 Å². The molecule has 0 spiro atoms. The van der Waals surface area contributed by atoms with Crippen LogP contribution >= 0.6 is 43.2 Å². The predicted octanol–water partition coefficient (Wildman–Crippen LogP) is 4.70. The SMILES string of the molecule is Fc1c(CBr)cc2ccsc2c1Br. The van der Waals surface area contributed by atoms with Gasteiger partial charge in [-0.2, -0.15) is 0 Å². The summed E-state index contributed by atoms with van der Waals surface area (Å²) in [7, 11) is 0. The van der Waals surface area contributed by atoms with Gasteiger partial charge in [-0.05, 0) is 38.8 Å². The molecule has 4 heteroatoms. The van der Waals surface area contributed by atoms with E-state index in [9.17, 15) is 4.39 Å². The first-order valence-electron chi connectivity index (χ1n) is 3.64. The van der Waals surface area contributed by atoms with Crippen molar-refractivity contribution in [1.82, 2.24) is 0 Å². The average molecular weight is 324 g/mol. The maximum atomic E-state index is 13.5. The molecule has 1 aromatic heterocycles. The van der Waals surface area contributed by atoms with Gasteiger partial charge in [0.15, 0.2) is 0 Å². The van der Waals surface area contributed by atoms with E-state index in [1.54, 1.807) is 11.3 Å². The zero-order valence-corrected chi connectivity index (χ0v) is 10.5. The summed E-state index contributed by atoms with van der Waals surface area (Å²) >= 11 is 8.07. The van der Waals surface area contributed by atoms with Gasteiger partial charge in [0.2, 0.25) is 0 Å². The Bertz CT molecular complexity index is 450. The normalized spacial score (nSPS) is 11.0. The van der Waals surface area contributed by atoms with Crippen molar-refractivity contribution in [1.29, 1.82) is 0 Å². The van der Waals surface area contributed by atoms with Crippen molar-refractivity contribution in [3.63, 3.8) is 0 Å². The summed E-state index contributed by atoms with van der Waals surface area (Å²) in [6.07, 6.45) is 0. The summed E-state index contributed by atoms with van der Waals surface area (Å²) in [5, 5.41) is 3.60. The lowest BCUT2D eigenvalue weighted by atomic mass is 10.2. The van der Waals surface area contributed by atoms with Gasteiger partial charge in [0.25, 0.3) is 0 Å². The zero-order chi connectivity index (χ0) is 9.42. The Morgan fingerprint density at radius 3 is 2.92 bits per heavy atom. The fourth-order valence-electron chi connectivity index (χ4n) is 1.20. The van der Waals surface area contributed by atoms with Gasteiger partial charge in [0.05, 0.1) is 9.17 Å². The average Bonchev–Trinajstić information content (AvgIpc) is 2.59. The van der Waals surface area contributed by atoms with Crippen molar-refractivity contribution in [2.75, 3.05) is 0 Å². The Balaban J connectivity index is 2.83. The third-order valence-electron chi connectivity index (χ3n) is 1.84. The minimum atomic E-state index is -0.160. The second-order valence-electron chi connectivity index (χ2n) is 2.64. The Labute approximate surface area is 96.0 Å². The number of hydrogen-bond acceptors (Lipinski definition) is 1. The number of rotatable bonds is 1. The van der Waals surface area contributed by atoms with Crippen LogP contribution in [0.1, 0.15) is 5.56 Å². The largest absolute Gasteiger partial charge is 0.205 e. The van der Waals surface area contributed by atoms with Crippen LogP contribution in [0, 0.1) is 5.82 Å². The first-order valence-corrected chi connectivity index (χ1v) is 6.43. The van der Waals surface area contributed by atoms with E-state index in [2.05, 4.69) is 31.9 Å². The van der Waals surface area contributed by atoms with Crippen molar-refractivity contribution in [2.24, 2.45) is 0 Å². The molecular weight excluding hydrogens is 319 g/mol. The molecule has 0 saturated heterocycles. The number of thiophene rings is 1. The summed E-state index contributed by atoms with van der Waals surface area (Å²) in [6, 6.07) is 3.87. The van der Waals surface area contributed by atoms with E-state index in [-0.39, 0.29) is 5.82 Å². The highest BCUT2D eigenvalue weighted by Crippen LogP contribution is 2.33. The molecule has 2 rings (SSSR count). The molecule has 0 aliphatic carbocycles. The van der Waals surface area contributed by atoms with Crippen LogP contribution in [0.15, 0.2) is 22.0 Å². The first-order chi connectivity index (χ1) is 6.24. The van der Waals surface area contributed by atoms with Crippen LogP contribution in [-0.2, 0) is 5.33 Å². The molecule has 68 valence electrons. The molecule has 13 heavy (non-hydrogen) atoms. The van der Waals surface area contributed by atoms with E-state index in [4.69, 9.17) is 0 Å². The molecule has 0 bridgehead atoms. The molecule has 1 aromatic carbocycles. The van der Waals surface area contributed by atoms with Crippen LogP contribution in [0.3, 0.4) is 0 Å².